The largest absolute Gasteiger partial charge is 0.397 e. The number of halogens is 1. The molecule has 23 heavy (non-hydrogen) atoms. The topological polar surface area (TPSA) is 67.2 Å². The zero-order chi connectivity index (χ0) is 17.0. The summed E-state index contributed by atoms with van der Waals surface area (Å²) in [6.07, 6.45) is 0.450. The van der Waals surface area contributed by atoms with E-state index in [-0.39, 0.29) is 11.3 Å². The van der Waals surface area contributed by atoms with Crippen molar-refractivity contribution in [2.24, 2.45) is 5.41 Å². The zero-order valence-corrected chi connectivity index (χ0v) is 15.1. The van der Waals surface area contributed by atoms with Gasteiger partial charge >= 0.3 is 0 Å². The molecule has 0 saturated carbocycles. The second-order valence-corrected chi connectivity index (χ2v) is 8.45. The first-order valence-electron chi connectivity index (χ1n) is 7.40. The van der Waals surface area contributed by atoms with Crippen LogP contribution in [0, 0.1) is 5.41 Å². The Morgan fingerprint density at radius 3 is 2.57 bits per heavy atom. The average molecular weight is 352 g/mol. The molecule has 0 spiro atoms. The maximum atomic E-state index is 12.0. The van der Waals surface area contributed by atoms with Gasteiger partial charge < -0.3 is 16.4 Å². The number of benzene rings is 1. The van der Waals surface area contributed by atoms with Crippen LogP contribution in [0.4, 0.5) is 17.1 Å². The monoisotopic (exact) mass is 351 g/mol. The minimum Gasteiger partial charge on any atom is -0.397 e. The molecule has 1 aromatic carbocycles. The first-order chi connectivity index (χ1) is 10.7. The summed E-state index contributed by atoms with van der Waals surface area (Å²) in [5.41, 5.74) is 8.07. The van der Waals surface area contributed by atoms with Gasteiger partial charge in [-0.25, -0.2) is 0 Å². The summed E-state index contributed by atoms with van der Waals surface area (Å²) in [6, 6.07) is 9.41. The number of carbonyl (C=O) groups is 1. The van der Waals surface area contributed by atoms with Gasteiger partial charge in [-0.05, 0) is 35.7 Å². The highest BCUT2D eigenvalue weighted by atomic mass is 35.5. The Hall–Kier alpha value is -1.72. The molecule has 2 aromatic rings. The molecule has 0 aliphatic carbocycles. The average Bonchev–Trinajstić information content (AvgIpc) is 2.83. The number of rotatable bonds is 5. The van der Waals surface area contributed by atoms with Crippen molar-refractivity contribution in [3.63, 3.8) is 0 Å². The van der Waals surface area contributed by atoms with Crippen LogP contribution in [-0.2, 0) is 11.3 Å². The summed E-state index contributed by atoms with van der Waals surface area (Å²) in [5, 5.41) is 6.16. The third-order valence-electron chi connectivity index (χ3n) is 3.11. The Morgan fingerprint density at radius 1 is 1.26 bits per heavy atom. The molecule has 4 N–H and O–H groups in total. The van der Waals surface area contributed by atoms with Crippen LogP contribution in [0.15, 0.2) is 30.3 Å². The number of thiophene rings is 1. The van der Waals surface area contributed by atoms with Gasteiger partial charge in [-0.15, -0.1) is 11.3 Å². The molecule has 0 atom stereocenters. The number of hydrogen-bond donors (Lipinski definition) is 3. The molecule has 124 valence electrons. The van der Waals surface area contributed by atoms with Gasteiger partial charge in [0.15, 0.2) is 0 Å². The van der Waals surface area contributed by atoms with Crippen molar-refractivity contribution in [2.45, 2.75) is 33.7 Å². The van der Waals surface area contributed by atoms with E-state index in [0.29, 0.717) is 24.3 Å². The van der Waals surface area contributed by atoms with Gasteiger partial charge in [0.25, 0.3) is 0 Å². The van der Waals surface area contributed by atoms with Crippen LogP contribution in [0.5, 0.6) is 0 Å². The molecule has 0 unspecified atom stereocenters. The van der Waals surface area contributed by atoms with Crippen LogP contribution >= 0.6 is 22.9 Å². The maximum absolute atomic E-state index is 12.0. The molecule has 1 heterocycles. The summed E-state index contributed by atoms with van der Waals surface area (Å²) in [4.78, 5) is 13.1. The number of hydrogen-bond acceptors (Lipinski definition) is 4. The number of anilines is 3. The predicted molar refractivity (Wildman–Crippen MR) is 100 cm³/mol. The molecule has 0 saturated heterocycles. The predicted octanol–water partition coefficient (Wildman–Crippen LogP) is 4.97. The second-order valence-electron chi connectivity index (χ2n) is 6.65. The van der Waals surface area contributed by atoms with E-state index in [4.69, 9.17) is 17.3 Å². The van der Waals surface area contributed by atoms with Crippen molar-refractivity contribution < 1.29 is 4.79 Å². The first-order valence-corrected chi connectivity index (χ1v) is 8.60. The Kier molecular flexibility index (Phi) is 5.55. The van der Waals surface area contributed by atoms with E-state index in [1.807, 2.05) is 51.1 Å². The fourth-order valence-corrected chi connectivity index (χ4v) is 3.13. The maximum Gasteiger partial charge on any atom is 0.224 e. The van der Waals surface area contributed by atoms with E-state index in [1.165, 1.54) is 0 Å². The lowest BCUT2D eigenvalue weighted by molar-refractivity contribution is -0.117. The van der Waals surface area contributed by atoms with E-state index >= 15 is 0 Å². The molecule has 2 rings (SSSR count). The molecular weight excluding hydrogens is 330 g/mol. The van der Waals surface area contributed by atoms with Crippen molar-refractivity contribution in [2.75, 3.05) is 16.4 Å². The molecule has 0 fully saturated rings. The second kappa shape index (κ2) is 7.23. The van der Waals surface area contributed by atoms with Crippen molar-refractivity contribution in [1.29, 1.82) is 0 Å². The van der Waals surface area contributed by atoms with Crippen LogP contribution in [0.3, 0.4) is 0 Å². The van der Waals surface area contributed by atoms with Crippen LogP contribution in [0.2, 0.25) is 4.34 Å². The number of nitrogens with one attached hydrogen (secondary N) is 2. The van der Waals surface area contributed by atoms with Gasteiger partial charge in [-0.2, -0.15) is 0 Å². The number of carbonyl (C=O) groups excluding carboxylic acids is 1. The molecule has 1 aromatic heterocycles. The molecule has 1 amide bonds. The highest BCUT2D eigenvalue weighted by Gasteiger charge is 2.16. The Bertz CT molecular complexity index is 691. The fourth-order valence-electron chi connectivity index (χ4n) is 2.10. The van der Waals surface area contributed by atoms with Crippen LogP contribution in [0.1, 0.15) is 32.1 Å². The smallest absolute Gasteiger partial charge is 0.224 e. The van der Waals surface area contributed by atoms with Crippen LogP contribution in [-0.4, -0.2) is 5.91 Å². The van der Waals surface area contributed by atoms with Crippen molar-refractivity contribution >= 4 is 45.9 Å². The fraction of sp³-hybridized carbons (Fsp3) is 0.353. The summed E-state index contributed by atoms with van der Waals surface area (Å²) in [6.45, 7) is 6.77. The zero-order valence-electron chi connectivity index (χ0n) is 13.6. The third-order valence-corrected chi connectivity index (χ3v) is 4.34. The van der Waals surface area contributed by atoms with Crippen molar-refractivity contribution in [3.05, 3.63) is 39.5 Å². The molecule has 4 nitrogen and oxygen atoms in total. The quantitative estimate of drug-likeness (QED) is 0.666. The lowest BCUT2D eigenvalue weighted by Crippen LogP contribution is -2.20. The molecule has 0 aliphatic rings. The summed E-state index contributed by atoms with van der Waals surface area (Å²) >= 11 is 7.46. The van der Waals surface area contributed by atoms with Gasteiger partial charge in [0.1, 0.15) is 0 Å². The molecule has 6 heteroatoms. The van der Waals surface area contributed by atoms with Crippen LogP contribution in [0.25, 0.3) is 0 Å². The normalized spacial score (nSPS) is 11.3. The van der Waals surface area contributed by atoms with Gasteiger partial charge in [-0.1, -0.05) is 32.4 Å². The van der Waals surface area contributed by atoms with Crippen molar-refractivity contribution in [3.8, 4) is 0 Å². The Balaban J connectivity index is 1.96. The summed E-state index contributed by atoms with van der Waals surface area (Å²) in [5.74, 6) is -0.0295. The highest BCUT2D eigenvalue weighted by molar-refractivity contribution is 7.16. The Morgan fingerprint density at radius 2 is 2.00 bits per heavy atom. The highest BCUT2D eigenvalue weighted by Crippen LogP contribution is 2.26. The lowest BCUT2D eigenvalue weighted by Gasteiger charge is -2.18. The van der Waals surface area contributed by atoms with E-state index in [0.717, 1.165) is 14.9 Å². The van der Waals surface area contributed by atoms with Gasteiger partial charge in [-0.3, -0.25) is 4.79 Å². The van der Waals surface area contributed by atoms with E-state index < -0.39 is 0 Å². The first kappa shape index (κ1) is 17.6. The molecule has 0 radical (unpaired) electrons. The van der Waals surface area contributed by atoms with E-state index in [2.05, 4.69) is 10.6 Å². The lowest BCUT2D eigenvalue weighted by atomic mass is 9.92. The number of nitrogen functional groups attached to an aromatic ring is 1. The summed E-state index contributed by atoms with van der Waals surface area (Å²) in [7, 11) is 0. The number of amides is 1. The van der Waals surface area contributed by atoms with Crippen LogP contribution < -0.4 is 16.4 Å². The Labute approximate surface area is 146 Å². The van der Waals surface area contributed by atoms with Crippen molar-refractivity contribution in [1.82, 2.24) is 0 Å². The molecule has 0 bridgehead atoms. The standard InChI is InChI=1S/C17H22ClN3OS/c1-17(2,3)9-16(22)21-14-6-4-11(8-13(14)19)20-10-12-5-7-15(18)23-12/h4-8,20H,9-10,19H2,1-3H3,(H,21,22). The van der Waals surface area contributed by atoms with Gasteiger partial charge in [0.05, 0.1) is 15.7 Å². The van der Waals surface area contributed by atoms with E-state index in [1.54, 1.807) is 11.3 Å². The molecule has 0 aliphatic heterocycles. The minimum atomic E-state index is -0.0533. The van der Waals surface area contributed by atoms with Gasteiger partial charge in [0, 0.05) is 23.5 Å². The SMILES string of the molecule is CC(C)(C)CC(=O)Nc1ccc(NCc2ccc(Cl)s2)cc1N. The minimum absolute atomic E-state index is 0.0295. The summed E-state index contributed by atoms with van der Waals surface area (Å²) < 4.78 is 0.776. The number of nitrogens with two attached hydrogens (primary N) is 1. The van der Waals surface area contributed by atoms with E-state index in [9.17, 15) is 4.79 Å². The molecular formula is C17H22ClN3OS. The van der Waals surface area contributed by atoms with Gasteiger partial charge in [0.2, 0.25) is 5.91 Å². The third kappa shape index (κ3) is 5.77.